The minimum atomic E-state index is -5.61. The maximum Gasteiger partial charge on any atom is 2.00 e. The van der Waals surface area contributed by atoms with Gasteiger partial charge >= 0.3 is 75.5 Å². The molecule has 0 amide bonds. The summed E-state index contributed by atoms with van der Waals surface area (Å²) in [6.07, 6.45) is 0. The summed E-state index contributed by atoms with van der Waals surface area (Å²) < 4.78 is 0. The molecule has 0 atom stereocenters. The second-order valence-electron chi connectivity index (χ2n) is 0.500. The summed E-state index contributed by atoms with van der Waals surface area (Å²) >= 11 is 0. The van der Waals surface area contributed by atoms with Crippen LogP contribution in [0, 0.1) is 0 Å². The molecule has 0 aliphatic heterocycles. The van der Waals surface area contributed by atoms with Gasteiger partial charge in [-0.05, 0) is 0 Å². The average molecular weight is 280 g/mol. The Kier molecular flexibility index (Phi) is 222. The van der Waals surface area contributed by atoms with E-state index < -0.39 is 9.05 Å². The van der Waals surface area contributed by atoms with Crippen molar-refractivity contribution in [3.8, 4) is 0 Å². The molecule has 0 aromatic rings. The fraction of sp³-hybridized carbons (Fsp3) is 0. The summed E-state index contributed by atoms with van der Waals surface area (Å²) in [5.74, 6) is 0. The van der Waals surface area contributed by atoms with Gasteiger partial charge in [0.25, 0.3) is 0 Å². The second-order valence-corrected chi connectivity index (χ2v) is 1.50. The zero-order valence-corrected chi connectivity index (χ0v) is 12.0. The van der Waals surface area contributed by atoms with Crippen molar-refractivity contribution in [3.63, 3.8) is 0 Å². The molecule has 0 bridgehead atoms. The van der Waals surface area contributed by atoms with E-state index in [1.807, 2.05) is 0 Å². The van der Waals surface area contributed by atoms with Gasteiger partial charge in [0.05, 0.1) is 0 Å². The van der Waals surface area contributed by atoms with E-state index in [1.54, 1.807) is 0 Å². The van der Waals surface area contributed by atoms with Crippen LogP contribution in [0.15, 0.2) is 0 Å². The van der Waals surface area contributed by atoms with Crippen molar-refractivity contribution >= 4 is 84.5 Å². The first-order valence-corrected chi connectivity index (χ1v) is 2.45. The maximum absolute atomic E-state index is 8.58. The van der Waals surface area contributed by atoms with Crippen LogP contribution in [-0.4, -0.2) is 117 Å². The zero-order chi connectivity index (χ0) is 4.50. The molecule has 0 aliphatic carbocycles. The van der Waals surface area contributed by atoms with Crippen molar-refractivity contribution < 1.29 is 52.0 Å². The van der Waals surface area contributed by atoms with Crippen LogP contribution in [0.5, 0.6) is 0 Å². The van der Waals surface area contributed by atoms with Crippen molar-refractivity contribution in [2.75, 3.05) is 0 Å². The van der Waals surface area contributed by atoms with Crippen LogP contribution in [0.1, 0.15) is 0 Å². The standard InChI is InChI=1S/2Ca.O4Si.6H2O/c;;1-5(2,3)4;;;;;;/h;;;6*1H2/q2*+2;-4;;;;;;. The molecule has 13 heteroatoms. The fourth-order valence-corrected chi connectivity index (χ4v) is 0. The van der Waals surface area contributed by atoms with Crippen molar-refractivity contribution in [2.24, 2.45) is 0 Å². The summed E-state index contributed by atoms with van der Waals surface area (Å²) in [4.78, 5) is 34.3. The molecule has 0 aliphatic rings. The molecule has 0 aromatic carbocycles. The summed E-state index contributed by atoms with van der Waals surface area (Å²) in [5, 5.41) is 0. The van der Waals surface area contributed by atoms with E-state index in [-0.39, 0.29) is 108 Å². The van der Waals surface area contributed by atoms with Crippen LogP contribution in [0.2, 0.25) is 0 Å². The van der Waals surface area contributed by atoms with Gasteiger partial charge in [-0.25, -0.2) is 0 Å². The molecule has 0 aromatic heterocycles. The van der Waals surface area contributed by atoms with E-state index >= 15 is 0 Å². The molecule has 12 N–H and O–H groups in total. The largest absolute Gasteiger partial charge is 2.00 e. The quantitative estimate of drug-likeness (QED) is 0.390. The van der Waals surface area contributed by atoms with Crippen molar-refractivity contribution in [1.82, 2.24) is 0 Å². The predicted molar refractivity (Wildman–Crippen MR) is 38.9 cm³/mol. The molecule has 0 unspecified atom stereocenters. The summed E-state index contributed by atoms with van der Waals surface area (Å²) in [6, 6.07) is 0. The summed E-state index contributed by atoms with van der Waals surface area (Å²) in [5.41, 5.74) is 0. The molecule has 0 saturated heterocycles. The van der Waals surface area contributed by atoms with Gasteiger partial charge in [-0.2, -0.15) is 0 Å². The predicted octanol–water partition coefficient (Wildman–Crippen LogP) is -10.8. The Balaban J connectivity index is -0.00000000286. The fourth-order valence-electron chi connectivity index (χ4n) is 0. The zero-order valence-electron chi connectivity index (χ0n) is 6.55. The molecule has 0 rings (SSSR count). The van der Waals surface area contributed by atoms with Gasteiger partial charge in [0.2, 0.25) is 0 Å². The van der Waals surface area contributed by atoms with Crippen LogP contribution in [0.25, 0.3) is 0 Å². The Morgan fingerprint density at radius 3 is 0.462 bits per heavy atom. The third-order valence-corrected chi connectivity index (χ3v) is 0. The monoisotopic (exact) mass is 280 g/mol. The van der Waals surface area contributed by atoms with E-state index in [0.29, 0.717) is 0 Å². The van der Waals surface area contributed by atoms with E-state index in [9.17, 15) is 0 Å². The molecule has 80 valence electrons. The first-order chi connectivity index (χ1) is 2.00. The molecule has 0 saturated carbocycles. The Morgan fingerprint density at radius 1 is 0.462 bits per heavy atom. The van der Waals surface area contributed by atoms with Crippen LogP contribution in [-0.2, 0) is 0 Å². The Labute approximate surface area is 135 Å². The third-order valence-electron chi connectivity index (χ3n) is 0. The molecular formula is H12Ca2O10Si. The molecular weight excluding hydrogens is 268 g/mol. The average Bonchev–Trinajstić information content (AvgIpc) is 0.722. The first-order valence-electron chi connectivity index (χ1n) is 0.816. The van der Waals surface area contributed by atoms with Crippen molar-refractivity contribution in [2.45, 2.75) is 0 Å². The topological polar surface area (TPSA) is 281 Å². The first kappa shape index (κ1) is 78.5. The van der Waals surface area contributed by atoms with Crippen LogP contribution in [0.4, 0.5) is 0 Å². The molecule has 10 nitrogen and oxygen atoms in total. The van der Waals surface area contributed by atoms with Crippen molar-refractivity contribution in [3.05, 3.63) is 0 Å². The summed E-state index contributed by atoms with van der Waals surface area (Å²) in [7, 11) is -5.61. The number of hydrogen-bond acceptors (Lipinski definition) is 4. The Bertz CT molecular complexity index is 28.4. The third kappa shape index (κ3) is 400. The van der Waals surface area contributed by atoms with Gasteiger partial charge in [-0.3, -0.25) is 0 Å². The van der Waals surface area contributed by atoms with Crippen LogP contribution < -0.4 is 19.2 Å². The Morgan fingerprint density at radius 2 is 0.462 bits per heavy atom. The van der Waals surface area contributed by atoms with Gasteiger partial charge < -0.3 is 61.1 Å². The van der Waals surface area contributed by atoms with E-state index in [0.717, 1.165) is 0 Å². The Hall–Kier alpha value is 2.34. The van der Waals surface area contributed by atoms with Gasteiger partial charge in [0.15, 0.2) is 0 Å². The minimum Gasteiger partial charge on any atom is -0.894 e. The summed E-state index contributed by atoms with van der Waals surface area (Å²) in [6.45, 7) is 0. The SMILES string of the molecule is O.O.O.O.O.O.[Ca+2].[Ca+2].[O-][Si]([O-])([O-])[O-]. The van der Waals surface area contributed by atoms with Crippen LogP contribution in [0.3, 0.4) is 0 Å². The number of rotatable bonds is 0. The molecule has 0 spiro atoms. The van der Waals surface area contributed by atoms with Crippen molar-refractivity contribution in [1.29, 1.82) is 0 Å². The van der Waals surface area contributed by atoms with Gasteiger partial charge in [0.1, 0.15) is 0 Å². The number of hydrogen-bond donors (Lipinski definition) is 0. The molecule has 0 fully saturated rings. The molecule has 0 radical (unpaired) electrons. The van der Waals surface area contributed by atoms with Gasteiger partial charge in [-0.1, -0.05) is 0 Å². The maximum atomic E-state index is 8.58. The normalized spacial score (nSPS) is 4.62. The van der Waals surface area contributed by atoms with E-state index in [1.165, 1.54) is 0 Å². The minimum absolute atomic E-state index is 0. The molecule has 13 heavy (non-hydrogen) atoms. The van der Waals surface area contributed by atoms with Gasteiger partial charge in [-0.15, -0.1) is 0 Å². The smallest absolute Gasteiger partial charge is 0.894 e. The van der Waals surface area contributed by atoms with Crippen LogP contribution >= 0.6 is 0 Å². The van der Waals surface area contributed by atoms with E-state index in [4.69, 9.17) is 19.2 Å². The molecule has 0 heterocycles. The second kappa shape index (κ2) is 36.7. The van der Waals surface area contributed by atoms with E-state index in [2.05, 4.69) is 0 Å². The van der Waals surface area contributed by atoms with Gasteiger partial charge in [0, 0.05) is 0 Å².